The summed E-state index contributed by atoms with van der Waals surface area (Å²) < 4.78 is 0. The molecule has 6 aromatic rings. The Labute approximate surface area is 207 Å². The van der Waals surface area contributed by atoms with Crippen molar-refractivity contribution in [2.75, 3.05) is 13.1 Å². The van der Waals surface area contributed by atoms with Crippen molar-refractivity contribution >= 4 is 21.9 Å². The fraction of sp³-hybridized carbons (Fsp3) is 0.179. The van der Waals surface area contributed by atoms with Gasteiger partial charge in [-0.15, -0.1) is 0 Å². The van der Waals surface area contributed by atoms with Gasteiger partial charge < -0.3 is 4.98 Å². The first-order valence-electron chi connectivity index (χ1n) is 12.2. The van der Waals surface area contributed by atoms with Gasteiger partial charge in [-0.3, -0.25) is 25.0 Å². The summed E-state index contributed by atoms with van der Waals surface area (Å²) in [5, 5.41) is 9.76. The molecule has 1 aliphatic heterocycles. The molecule has 0 spiro atoms. The lowest BCUT2D eigenvalue weighted by Crippen LogP contribution is -2.18. The number of H-pyrrole nitrogens is 2. The van der Waals surface area contributed by atoms with Crippen molar-refractivity contribution in [3.63, 3.8) is 0 Å². The molecule has 2 N–H and O–H groups in total. The maximum absolute atomic E-state index is 4.70. The molecule has 1 aliphatic rings. The van der Waals surface area contributed by atoms with Gasteiger partial charge in [-0.2, -0.15) is 5.10 Å². The van der Waals surface area contributed by atoms with Crippen LogP contribution in [0.2, 0.25) is 0 Å². The average Bonchev–Trinajstić information content (AvgIpc) is 3.68. The predicted molar refractivity (Wildman–Crippen MR) is 140 cm³/mol. The van der Waals surface area contributed by atoms with Gasteiger partial charge in [0.15, 0.2) is 0 Å². The van der Waals surface area contributed by atoms with Crippen LogP contribution >= 0.6 is 0 Å². The van der Waals surface area contributed by atoms with Gasteiger partial charge in [0, 0.05) is 53.2 Å². The van der Waals surface area contributed by atoms with E-state index in [4.69, 9.17) is 4.98 Å². The van der Waals surface area contributed by atoms with Crippen LogP contribution in [0.5, 0.6) is 0 Å². The molecule has 176 valence electrons. The number of aromatic nitrogens is 7. The number of fused-ring (bicyclic) bond motifs is 2. The molecule has 0 bridgehead atoms. The molecule has 6 aromatic heterocycles. The lowest BCUT2D eigenvalue weighted by molar-refractivity contribution is 0.331. The van der Waals surface area contributed by atoms with Gasteiger partial charge in [0.05, 0.1) is 28.8 Å². The second-order valence-electron chi connectivity index (χ2n) is 9.27. The first kappa shape index (κ1) is 20.9. The summed E-state index contributed by atoms with van der Waals surface area (Å²) in [6, 6.07) is 14.3. The molecule has 0 aromatic carbocycles. The molecule has 36 heavy (non-hydrogen) atoms. The topological polar surface area (TPSA) is 99.3 Å². The highest BCUT2D eigenvalue weighted by Crippen LogP contribution is 2.33. The summed E-state index contributed by atoms with van der Waals surface area (Å²) in [7, 11) is 0. The Morgan fingerprint density at radius 3 is 2.67 bits per heavy atom. The van der Waals surface area contributed by atoms with E-state index < -0.39 is 0 Å². The summed E-state index contributed by atoms with van der Waals surface area (Å²) in [6.07, 6.45) is 11.9. The zero-order valence-corrected chi connectivity index (χ0v) is 19.6. The maximum Gasteiger partial charge on any atom is 0.138 e. The van der Waals surface area contributed by atoms with Crippen molar-refractivity contribution in [1.29, 1.82) is 0 Å². The van der Waals surface area contributed by atoms with Crippen LogP contribution in [-0.2, 0) is 6.54 Å². The van der Waals surface area contributed by atoms with Crippen molar-refractivity contribution in [2.45, 2.75) is 19.4 Å². The summed E-state index contributed by atoms with van der Waals surface area (Å²) in [6.45, 7) is 3.25. The molecule has 0 saturated carbocycles. The van der Waals surface area contributed by atoms with Crippen LogP contribution < -0.4 is 0 Å². The first-order chi connectivity index (χ1) is 17.8. The summed E-state index contributed by atoms with van der Waals surface area (Å²) in [4.78, 5) is 24.2. The second-order valence-corrected chi connectivity index (χ2v) is 9.27. The van der Waals surface area contributed by atoms with Crippen LogP contribution in [0.25, 0.3) is 55.8 Å². The first-order valence-corrected chi connectivity index (χ1v) is 12.2. The molecular formula is C28H24N8. The number of hydrogen-bond acceptors (Lipinski definition) is 6. The zero-order valence-electron chi connectivity index (χ0n) is 19.6. The highest BCUT2D eigenvalue weighted by Gasteiger charge is 2.16. The SMILES string of the molecule is c1ccc(-c2ccnc3[nH]c(-c4n[nH]c5cnc(-c6cncc(CN7CCCC7)c6)cc45)cc23)nc1. The molecule has 8 heteroatoms. The Hall–Kier alpha value is -4.43. The summed E-state index contributed by atoms with van der Waals surface area (Å²) >= 11 is 0. The van der Waals surface area contributed by atoms with Gasteiger partial charge in [-0.25, -0.2) is 4.98 Å². The summed E-state index contributed by atoms with van der Waals surface area (Å²) in [5.41, 5.74) is 8.46. The number of rotatable bonds is 5. The zero-order chi connectivity index (χ0) is 23.9. The molecule has 0 atom stereocenters. The number of nitrogens with one attached hydrogen (secondary N) is 2. The Morgan fingerprint density at radius 2 is 1.78 bits per heavy atom. The predicted octanol–water partition coefficient (Wildman–Crippen LogP) is 5.22. The van der Waals surface area contributed by atoms with E-state index in [0.29, 0.717) is 0 Å². The van der Waals surface area contributed by atoms with Gasteiger partial charge >= 0.3 is 0 Å². The third-order valence-corrected chi connectivity index (χ3v) is 6.87. The summed E-state index contributed by atoms with van der Waals surface area (Å²) in [5.74, 6) is 0. The van der Waals surface area contributed by atoms with Crippen LogP contribution in [0.4, 0.5) is 0 Å². The van der Waals surface area contributed by atoms with Crippen LogP contribution in [0.15, 0.2) is 73.4 Å². The van der Waals surface area contributed by atoms with Gasteiger partial charge in [0.25, 0.3) is 0 Å². The lowest BCUT2D eigenvalue weighted by atomic mass is 10.1. The van der Waals surface area contributed by atoms with Gasteiger partial charge in [0.1, 0.15) is 11.3 Å². The molecule has 1 fully saturated rings. The Balaban J connectivity index is 1.28. The normalized spacial score (nSPS) is 14.2. The van der Waals surface area contributed by atoms with Crippen molar-refractivity contribution in [3.8, 4) is 33.9 Å². The maximum atomic E-state index is 4.70. The average molecular weight is 473 g/mol. The monoisotopic (exact) mass is 472 g/mol. The van der Waals surface area contributed by atoms with Crippen molar-refractivity contribution in [2.24, 2.45) is 0 Å². The van der Waals surface area contributed by atoms with Crippen molar-refractivity contribution in [1.82, 2.24) is 40.0 Å². The standard InChI is InChI=1S/C28H24N8/c1-2-7-30-23(5-1)20-6-8-31-28-21(20)12-25(33-28)27-22-13-24(32-16-26(22)34-35-27)19-11-18(14-29-15-19)17-36-9-3-4-10-36/h1-2,5-8,11-16H,3-4,9-10,17H2,(H,31,33)(H,34,35). The fourth-order valence-electron chi connectivity index (χ4n) is 5.09. The van der Waals surface area contributed by atoms with Crippen LogP contribution in [0.1, 0.15) is 18.4 Å². The van der Waals surface area contributed by atoms with E-state index in [1.807, 2.05) is 42.9 Å². The minimum atomic E-state index is 0.803. The van der Waals surface area contributed by atoms with E-state index in [1.54, 1.807) is 12.4 Å². The van der Waals surface area contributed by atoms with Gasteiger partial charge in [-0.1, -0.05) is 6.07 Å². The van der Waals surface area contributed by atoms with E-state index in [-0.39, 0.29) is 0 Å². The molecule has 0 amide bonds. The van der Waals surface area contributed by atoms with Crippen LogP contribution in [0.3, 0.4) is 0 Å². The number of nitrogens with zero attached hydrogens (tertiary/aromatic N) is 6. The molecular weight excluding hydrogens is 448 g/mol. The number of likely N-dealkylation sites (tertiary alicyclic amines) is 1. The quantitative estimate of drug-likeness (QED) is 0.357. The Morgan fingerprint density at radius 1 is 0.833 bits per heavy atom. The molecule has 7 rings (SSSR count). The van der Waals surface area contributed by atoms with E-state index in [9.17, 15) is 0 Å². The third kappa shape index (κ3) is 3.72. The Bertz CT molecular complexity index is 1680. The molecule has 0 aliphatic carbocycles. The highest BCUT2D eigenvalue weighted by atomic mass is 15.1. The largest absolute Gasteiger partial charge is 0.338 e. The van der Waals surface area contributed by atoms with E-state index in [2.05, 4.69) is 53.2 Å². The molecule has 7 heterocycles. The van der Waals surface area contributed by atoms with Crippen LogP contribution in [0, 0.1) is 0 Å². The number of aromatic amines is 2. The minimum Gasteiger partial charge on any atom is -0.338 e. The van der Waals surface area contributed by atoms with Crippen molar-refractivity contribution < 1.29 is 0 Å². The van der Waals surface area contributed by atoms with E-state index >= 15 is 0 Å². The second kappa shape index (κ2) is 8.66. The third-order valence-electron chi connectivity index (χ3n) is 6.87. The lowest BCUT2D eigenvalue weighted by Gasteiger charge is -2.14. The van der Waals surface area contributed by atoms with Gasteiger partial charge in [0.2, 0.25) is 0 Å². The van der Waals surface area contributed by atoms with Crippen LogP contribution in [-0.4, -0.2) is 53.1 Å². The molecule has 0 radical (unpaired) electrons. The molecule has 1 saturated heterocycles. The van der Waals surface area contributed by atoms with E-state index in [0.717, 1.165) is 75.5 Å². The molecule has 0 unspecified atom stereocenters. The minimum absolute atomic E-state index is 0.803. The van der Waals surface area contributed by atoms with Crippen molar-refractivity contribution in [3.05, 3.63) is 79.0 Å². The number of pyridine rings is 4. The highest BCUT2D eigenvalue weighted by molar-refractivity contribution is 5.99. The smallest absolute Gasteiger partial charge is 0.138 e. The fourth-order valence-corrected chi connectivity index (χ4v) is 5.09. The Kier molecular flexibility index (Phi) is 5.03. The molecule has 8 nitrogen and oxygen atoms in total. The van der Waals surface area contributed by atoms with Gasteiger partial charge in [-0.05, 0) is 67.9 Å². The van der Waals surface area contributed by atoms with E-state index in [1.165, 1.54) is 18.4 Å². The number of hydrogen-bond donors (Lipinski definition) is 2.